The Morgan fingerprint density at radius 1 is 1.03 bits per heavy atom. The lowest BCUT2D eigenvalue weighted by Crippen LogP contribution is -2.54. The number of hydrogen-bond donors (Lipinski definition) is 1. The highest BCUT2D eigenvalue weighted by Gasteiger charge is 2.36. The summed E-state index contributed by atoms with van der Waals surface area (Å²) in [6.45, 7) is -0.597. The zero-order valence-electron chi connectivity index (χ0n) is 15.2. The number of rotatable bonds is 6. The van der Waals surface area contributed by atoms with Crippen molar-refractivity contribution in [3.63, 3.8) is 0 Å². The summed E-state index contributed by atoms with van der Waals surface area (Å²) in [5.41, 5.74) is 0.523. The molecule has 1 heterocycles. The van der Waals surface area contributed by atoms with Crippen LogP contribution in [0.1, 0.15) is 5.56 Å². The number of carbonyl (C=O) groups is 4. The molecule has 0 radical (unpaired) electrons. The first kappa shape index (κ1) is 19.6. The Morgan fingerprint density at radius 2 is 1.66 bits per heavy atom. The first-order valence-corrected chi connectivity index (χ1v) is 8.37. The number of amides is 4. The summed E-state index contributed by atoms with van der Waals surface area (Å²) in [4.78, 5) is 48.4. The van der Waals surface area contributed by atoms with Gasteiger partial charge < -0.3 is 19.4 Å². The maximum Gasteiger partial charge on any atom is 0.335 e. The number of nitrogens with zero attached hydrogens (tertiary/aromatic N) is 1. The molecule has 0 unspecified atom stereocenters. The third-order valence-electron chi connectivity index (χ3n) is 3.98. The van der Waals surface area contributed by atoms with Gasteiger partial charge in [-0.2, -0.15) is 0 Å². The summed E-state index contributed by atoms with van der Waals surface area (Å²) in [5.74, 6) is -2.12. The Kier molecular flexibility index (Phi) is 5.59. The van der Waals surface area contributed by atoms with Crippen LogP contribution < -0.4 is 24.8 Å². The van der Waals surface area contributed by atoms with Crippen molar-refractivity contribution in [2.24, 2.45) is 0 Å². The van der Waals surface area contributed by atoms with Crippen molar-refractivity contribution in [2.45, 2.75) is 0 Å². The van der Waals surface area contributed by atoms with E-state index < -0.39 is 30.4 Å². The summed E-state index contributed by atoms with van der Waals surface area (Å²) in [7, 11) is 1.49. The van der Waals surface area contributed by atoms with Crippen LogP contribution in [0.25, 0.3) is 6.08 Å². The van der Waals surface area contributed by atoms with Crippen molar-refractivity contribution >= 4 is 35.6 Å². The molecule has 1 aliphatic rings. The maximum atomic E-state index is 12.8. The molecule has 0 atom stereocenters. The van der Waals surface area contributed by atoms with Gasteiger partial charge in [-0.25, -0.2) is 9.69 Å². The zero-order valence-corrected chi connectivity index (χ0v) is 15.2. The second kappa shape index (κ2) is 8.26. The van der Waals surface area contributed by atoms with E-state index in [2.05, 4.69) is 5.32 Å². The van der Waals surface area contributed by atoms with Gasteiger partial charge in [0.2, 0.25) is 0 Å². The number of aliphatic carboxylic acids is 1. The van der Waals surface area contributed by atoms with E-state index in [-0.39, 0.29) is 17.0 Å². The normalized spacial score (nSPS) is 15.3. The molecule has 0 aliphatic carbocycles. The van der Waals surface area contributed by atoms with Gasteiger partial charge in [-0.05, 0) is 48.0 Å². The number of imide groups is 2. The third-order valence-corrected chi connectivity index (χ3v) is 3.98. The van der Waals surface area contributed by atoms with Gasteiger partial charge in [0.1, 0.15) is 23.7 Å². The van der Waals surface area contributed by atoms with Crippen molar-refractivity contribution in [2.75, 3.05) is 18.6 Å². The van der Waals surface area contributed by atoms with Crippen LogP contribution in [0.4, 0.5) is 10.5 Å². The minimum Gasteiger partial charge on any atom is -0.546 e. The van der Waals surface area contributed by atoms with Crippen molar-refractivity contribution < 1.29 is 33.8 Å². The molecule has 0 aromatic heterocycles. The molecule has 2 aromatic carbocycles. The molecular weight excluding hydrogens is 380 g/mol. The van der Waals surface area contributed by atoms with Crippen LogP contribution in [0.3, 0.4) is 0 Å². The van der Waals surface area contributed by atoms with E-state index in [9.17, 15) is 24.3 Å². The highest BCUT2D eigenvalue weighted by molar-refractivity contribution is 6.39. The SMILES string of the molecule is COc1ccc(N2C(=O)NC(=O)/C(=C\c3ccc(OCC(=O)[O-])cc3)C2=O)cc1. The second-order valence-electron chi connectivity index (χ2n) is 5.89. The van der Waals surface area contributed by atoms with Crippen LogP contribution in [-0.4, -0.2) is 37.5 Å². The van der Waals surface area contributed by atoms with E-state index in [0.29, 0.717) is 11.3 Å². The van der Waals surface area contributed by atoms with Crippen LogP contribution in [0, 0.1) is 0 Å². The summed E-state index contributed by atoms with van der Waals surface area (Å²) in [6, 6.07) is 11.4. The molecule has 0 spiro atoms. The van der Waals surface area contributed by atoms with Crippen LogP contribution in [0.2, 0.25) is 0 Å². The minimum absolute atomic E-state index is 0.233. The number of nitrogens with one attached hydrogen (secondary N) is 1. The monoisotopic (exact) mass is 395 g/mol. The molecule has 1 fully saturated rings. The van der Waals surface area contributed by atoms with E-state index in [4.69, 9.17) is 9.47 Å². The van der Waals surface area contributed by atoms with Gasteiger partial charge in [-0.3, -0.25) is 14.9 Å². The van der Waals surface area contributed by atoms with Crippen molar-refractivity contribution in [3.8, 4) is 11.5 Å². The molecule has 0 saturated carbocycles. The molecule has 4 amide bonds. The molecule has 1 saturated heterocycles. The predicted molar refractivity (Wildman–Crippen MR) is 98.9 cm³/mol. The lowest BCUT2D eigenvalue weighted by Gasteiger charge is -2.26. The summed E-state index contributed by atoms with van der Waals surface area (Å²) in [6.07, 6.45) is 1.32. The Labute approximate surface area is 165 Å². The lowest BCUT2D eigenvalue weighted by atomic mass is 10.1. The van der Waals surface area contributed by atoms with E-state index in [1.54, 1.807) is 12.1 Å². The summed E-state index contributed by atoms with van der Waals surface area (Å²) >= 11 is 0. The average molecular weight is 395 g/mol. The standard InChI is InChI=1S/C20H16N2O7/c1-28-14-8-4-13(5-9-14)22-19(26)16(18(25)21-20(22)27)10-12-2-6-15(7-3-12)29-11-17(23)24/h2-10H,11H2,1H3,(H,23,24)(H,21,25,27)/p-1/b16-10+. The number of urea groups is 1. The van der Waals surface area contributed by atoms with Crippen LogP contribution >= 0.6 is 0 Å². The maximum absolute atomic E-state index is 12.8. The Hall–Kier alpha value is -4.14. The van der Waals surface area contributed by atoms with Crippen LogP contribution in [0.5, 0.6) is 11.5 Å². The number of barbiturate groups is 1. The highest BCUT2D eigenvalue weighted by atomic mass is 16.5. The molecular formula is C20H15N2O7-. The average Bonchev–Trinajstić information content (AvgIpc) is 2.71. The van der Waals surface area contributed by atoms with Crippen molar-refractivity contribution in [3.05, 3.63) is 59.7 Å². The molecule has 1 N–H and O–H groups in total. The molecule has 3 rings (SSSR count). The van der Waals surface area contributed by atoms with Gasteiger partial charge in [0.05, 0.1) is 18.8 Å². The quantitative estimate of drug-likeness (QED) is 0.557. The highest BCUT2D eigenvalue weighted by Crippen LogP contribution is 2.24. The molecule has 148 valence electrons. The number of ether oxygens (including phenoxy) is 2. The molecule has 2 aromatic rings. The topological polar surface area (TPSA) is 125 Å². The largest absolute Gasteiger partial charge is 0.546 e. The lowest BCUT2D eigenvalue weighted by molar-refractivity contribution is -0.307. The van der Waals surface area contributed by atoms with E-state index in [1.165, 1.54) is 49.6 Å². The molecule has 9 nitrogen and oxygen atoms in total. The Morgan fingerprint density at radius 3 is 2.24 bits per heavy atom. The van der Waals surface area contributed by atoms with Gasteiger partial charge in [0, 0.05) is 0 Å². The van der Waals surface area contributed by atoms with Gasteiger partial charge in [-0.1, -0.05) is 12.1 Å². The number of methoxy groups -OCH3 is 1. The smallest absolute Gasteiger partial charge is 0.335 e. The third kappa shape index (κ3) is 4.41. The van der Waals surface area contributed by atoms with Crippen LogP contribution in [0.15, 0.2) is 54.1 Å². The van der Waals surface area contributed by atoms with E-state index in [0.717, 1.165) is 4.90 Å². The van der Waals surface area contributed by atoms with Crippen molar-refractivity contribution in [1.82, 2.24) is 5.32 Å². The first-order valence-electron chi connectivity index (χ1n) is 8.37. The number of carboxylic acid groups (broad SMARTS) is 1. The van der Waals surface area contributed by atoms with Gasteiger partial charge in [-0.15, -0.1) is 0 Å². The van der Waals surface area contributed by atoms with Crippen LogP contribution in [-0.2, 0) is 14.4 Å². The Bertz CT molecular complexity index is 994. The summed E-state index contributed by atoms with van der Waals surface area (Å²) in [5, 5.41) is 12.6. The number of carbonyl (C=O) groups excluding carboxylic acids is 4. The van der Waals surface area contributed by atoms with Gasteiger partial charge in [0.15, 0.2) is 0 Å². The fourth-order valence-electron chi connectivity index (χ4n) is 2.59. The fourth-order valence-corrected chi connectivity index (χ4v) is 2.59. The van der Waals surface area contributed by atoms with Gasteiger partial charge >= 0.3 is 6.03 Å². The first-order chi connectivity index (χ1) is 13.9. The van der Waals surface area contributed by atoms with Crippen molar-refractivity contribution in [1.29, 1.82) is 0 Å². The van der Waals surface area contributed by atoms with Gasteiger partial charge in [0.25, 0.3) is 11.8 Å². The minimum atomic E-state index is -1.36. The number of carboxylic acids is 1. The zero-order chi connectivity index (χ0) is 21.0. The molecule has 0 bridgehead atoms. The molecule has 29 heavy (non-hydrogen) atoms. The second-order valence-corrected chi connectivity index (χ2v) is 5.89. The van der Waals surface area contributed by atoms with E-state index in [1.807, 2.05) is 0 Å². The number of benzene rings is 2. The van der Waals surface area contributed by atoms with E-state index >= 15 is 0 Å². The number of anilines is 1. The fraction of sp³-hybridized carbons (Fsp3) is 0.100. The Balaban J connectivity index is 1.85. The molecule has 1 aliphatic heterocycles. The predicted octanol–water partition coefficient (Wildman–Crippen LogP) is 0.490. The summed E-state index contributed by atoms with van der Waals surface area (Å²) < 4.78 is 10.0. The molecule has 9 heteroatoms. The number of hydrogen-bond acceptors (Lipinski definition) is 7.